The molecule has 4 nitrogen and oxygen atoms in total. The van der Waals surface area contributed by atoms with Crippen LogP contribution >= 0.6 is 0 Å². The molecule has 156 valence electrons. The van der Waals surface area contributed by atoms with Crippen LogP contribution in [0.5, 0.6) is 0 Å². The monoisotopic (exact) mass is 402 g/mol. The molecule has 5 rings (SSSR count). The van der Waals surface area contributed by atoms with E-state index in [2.05, 4.69) is 35.2 Å². The van der Waals surface area contributed by atoms with Gasteiger partial charge < -0.3 is 4.90 Å². The van der Waals surface area contributed by atoms with Crippen molar-refractivity contribution in [2.75, 3.05) is 19.6 Å². The summed E-state index contributed by atoms with van der Waals surface area (Å²) in [4.78, 5) is 29.5. The maximum absolute atomic E-state index is 12.6. The highest BCUT2D eigenvalue weighted by Gasteiger charge is 2.37. The lowest BCUT2D eigenvalue weighted by molar-refractivity contribution is 0.0583. The van der Waals surface area contributed by atoms with Crippen molar-refractivity contribution >= 4 is 11.8 Å². The maximum atomic E-state index is 12.6. The molecule has 2 aliphatic heterocycles. The van der Waals surface area contributed by atoms with E-state index in [9.17, 15) is 9.59 Å². The van der Waals surface area contributed by atoms with Gasteiger partial charge in [0.1, 0.15) is 0 Å². The molecule has 2 aromatic rings. The van der Waals surface area contributed by atoms with E-state index in [4.69, 9.17) is 0 Å². The second-order valence-corrected chi connectivity index (χ2v) is 9.16. The summed E-state index contributed by atoms with van der Waals surface area (Å²) in [6, 6.07) is 18.8. The van der Waals surface area contributed by atoms with Gasteiger partial charge in [-0.2, -0.15) is 0 Å². The molecule has 0 bridgehead atoms. The SMILES string of the molecule is O=C1c2ccccc2C(=O)N1CC1CCC(N2CCC(c3ccccc3)CC2)CC1. The summed E-state index contributed by atoms with van der Waals surface area (Å²) in [5, 5.41) is 0. The molecule has 1 saturated heterocycles. The molecular weight excluding hydrogens is 372 g/mol. The minimum Gasteiger partial charge on any atom is -0.300 e. The van der Waals surface area contributed by atoms with E-state index < -0.39 is 0 Å². The number of hydrogen-bond acceptors (Lipinski definition) is 3. The highest BCUT2D eigenvalue weighted by molar-refractivity contribution is 6.21. The van der Waals surface area contributed by atoms with Gasteiger partial charge in [-0.15, -0.1) is 0 Å². The number of imide groups is 1. The van der Waals surface area contributed by atoms with Crippen LogP contribution in [0.4, 0.5) is 0 Å². The van der Waals surface area contributed by atoms with Gasteiger partial charge in [0.15, 0.2) is 0 Å². The molecule has 30 heavy (non-hydrogen) atoms. The van der Waals surface area contributed by atoms with Crippen LogP contribution in [-0.2, 0) is 0 Å². The summed E-state index contributed by atoms with van der Waals surface area (Å²) >= 11 is 0. The first-order valence-electron chi connectivity index (χ1n) is 11.4. The zero-order valence-electron chi connectivity index (χ0n) is 17.5. The molecule has 2 aromatic carbocycles. The number of amides is 2. The molecule has 4 heteroatoms. The van der Waals surface area contributed by atoms with E-state index >= 15 is 0 Å². The van der Waals surface area contributed by atoms with E-state index in [1.807, 2.05) is 12.1 Å². The highest BCUT2D eigenvalue weighted by atomic mass is 16.2. The number of nitrogens with zero attached hydrogens (tertiary/aromatic N) is 2. The van der Waals surface area contributed by atoms with Gasteiger partial charge in [0, 0.05) is 12.6 Å². The largest absolute Gasteiger partial charge is 0.300 e. The molecule has 1 saturated carbocycles. The van der Waals surface area contributed by atoms with Crippen LogP contribution in [-0.4, -0.2) is 47.3 Å². The normalized spacial score (nSPS) is 25.5. The molecule has 0 aromatic heterocycles. The molecule has 1 aliphatic carbocycles. The second kappa shape index (κ2) is 8.35. The van der Waals surface area contributed by atoms with Crippen molar-refractivity contribution in [3.8, 4) is 0 Å². The quantitative estimate of drug-likeness (QED) is 0.695. The smallest absolute Gasteiger partial charge is 0.261 e. The summed E-state index contributed by atoms with van der Waals surface area (Å²) in [6.07, 6.45) is 7.08. The molecule has 0 unspecified atom stereocenters. The van der Waals surface area contributed by atoms with E-state index in [-0.39, 0.29) is 11.8 Å². The summed E-state index contributed by atoms with van der Waals surface area (Å²) in [5.74, 6) is 0.916. The number of fused-ring (bicyclic) bond motifs is 1. The molecule has 0 radical (unpaired) electrons. The second-order valence-electron chi connectivity index (χ2n) is 9.16. The number of rotatable bonds is 4. The average Bonchev–Trinajstić information content (AvgIpc) is 3.05. The van der Waals surface area contributed by atoms with Crippen LogP contribution in [0, 0.1) is 5.92 Å². The van der Waals surface area contributed by atoms with Crippen molar-refractivity contribution in [1.29, 1.82) is 0 Å². The Bertz CT molecular complexity index is 875. The number of hydrogen-bond donors (Lipinski definition) is 0. The van der Waals surface area contributed by atoms with Crippen LogP contribution < -0.4 is 0 Å². The summed E-state index contributed by atoms with van der Waals surface area (Å²) in [7, 11) is 0. The third kappa shape index (κ3) is 3.69. The number of carbonyl (C=O) groups is 2. The number of piperidine rings is 1. The molecule has 2 amide bonds. The van der Waals surface area contributed by atoms with E-state index in [0.717, 1.165) is 12.8 Å². The van der Waals surface area contributed by atoms with Gasteiger partial charge in [0.25, 0.3) is 11.8 Å². The Balaban J connectivity index is 1.12. The van der Waals surface area contributed by atoms with Gasteiger partial charge in [0.2, 0.25) is 0 Å². The Kier molecular flexibility index (Phi) is 5.43. The molecule has 3 aliphatic rings. The minimum absolute atomic E-state index is 0.110. The highest BCUT2D eigenvalue weighted by Crippen LogP contribution is 2.34. The van der Waals surface area contributed by atoms with Gasteiger partial charge in [-0.25, -0.2) is 0 Å². The van der Waals surface area contributed by atoms with E-state index in [1.165, 1.54) is 49.2 Å². The Morgan fingerprint density at radius 2 is 1.27 bits per heavy atom. The predicted molar refractivity (Wildman–Crippen MR) is 118 cm³/mol. The maximum Gasteiger partial charge on any atom is 0.261 e. The molecule has 0 spiro atoms. The molecule has 2 heterocycles. The van der Waals surface area contributed by atoms with Gasteiger partial charge >= 0.3 is 0 Å². The number of likely N-dealkylation sites (tertiary alicyclic amines) is 1. The van der Waals surface area contributed by atoms with Crippen LogP contribution in [0.2, 0.25) is 0 Å². The fraction of sp³-hybridized carbons (Fsp3) is 0.462. The van der Waals surface area contributed by atoms with Crippen molar-refractivity contribution in [2.45, 2.75) is 50.5 Å². The molecule has 0 atom stereocenters. The first-order valence-corrected chi connectivity index (χ1v) is 11.4. The summed E-state index contributed by atoms with van der Waals surface area (Å²) < 4.78 is 0. The van der Waals surface area contributed by atoms with Crippen molar-refractivity contribution < 1.29 is 9.59 Å². The van der Waals surface area contributed by atoms with Gasteiger partial charge in [-0.1, -0.05) is 42.5 Å². The lowest BCUT2D eigenvalue weighted by Crippen LogP contribution is -2.44. The molecule has 0 N–H and O–H groups in total. The topological polar surface area (TPSA) is 40.6 Å². The fourth-order valence-corrected chi connectivity index (χ4v) is 5.68. The average molecular weight is 403 g/mol. The summed E-state index contributed by atoms with van der Waals surface area (Å²) in [5.41, 5.74) is 2.62. The van der Waals surface area contributed by atoms with Crippen molar-refractivity contribution in [3.63, 3.8) is 0 Å². The van der Waals surface area contributed by atoms with Crippen molar-refractivity contribution in [2.24, 2.45) is 5.92 Å². The van der Waals surface area contributed by atoms with Crippen molar-refractivity contribution in [3.05, 3.63) is 71.3 Å². The van der Waals surface area contributed by atoms with Crippen LogP contribution in [0.3, 0.4) is 0 Å². The first-order chi connectivity index (χ1) is 14.7. The van der Waals surface area contributed by atoms with Gasteiger partial charge in [-0.05, 0) is 81.1 Å². The Morgan fingerprint density at radius 1 is 0.700 bits per heavy atom. The number of benzene rings is 2. The van der Waals surface area contributed by atoms with Crippen LogP contribution in [0.25, 0.3) is 0 Å². The predicted octanol–water partition coefficient (Wildman–Crippen LogP) is 4.72. The van der Waals surface area contributed by atoms with Crippen molar-refractivity contribution in [1.82, 2.24) is 9.80 Å². The zero-order chi connectivity index (χ0) is 20.5. The lowest BCUT2D eigenvalue weighted by atomic mass is 9.83. The van der Waals surface area contributed by atoms with Gasteiger partial charge in [0.05, 0.1) is 11.1 Å². The Morgan fingerprint density at radius 3 is 1.87 bits per heavy atom. The first kappa shape index (κ1) is 19.5. The van der Waals surface area contributed by atoms with Crippen LogP contribution in [0.1, 0.15) is 70.7 Å². The van der Waals surface area contributed by atoms with E-state index in [0.29, 0.717) is 35.5 Å². The molecular formula is C26H30N2O2. The Hall–Kier alpha value is -2.46. The fourth-order valence-electron chi connectivity index (χ4n) is 5.68. The third-order valence-corrected chi connectivity index (χ3v) is 7.45. The standard InChI is InChI=1S/C26H30N2O2/c29-25-23-8-4-5-9-24(23)26(30)28(25)18-19-10-12-22(13-11-19)27-16-14-21(15-17-27)20-6-2-1-3-7-20/h1-9,19,21-22H,10-18H2. The van der Waals surface area contributed by atoms with E-state index in [1.54, 1.807) is 12.1 Å². The number of carbonyl (C=O) groups excluding carboxylic acids is 2. The summed E-state index contributed by atoms with van der Waals surface area (Å²) in [6.45, 7) is 2.95. The Labute approximate surface area is 178 Å². The zero-order valence-corrected chi connectivity index (χ0v) is 17.5. The minimum atomic E-state index is -0.110. The van der Waals surface area contributed by atoms with Crippen LogP contribution in [0.15, 0.2) is 54.6 Å². The lowest BCUT2D eigenvalue weighted by Gasteiger charge is -2.41. The molecule has 2 fully saturated rings. The third-order valence-electron chi connectivity index (χ3n) is 7.45. The van der Waals surface area contributed by atoms with Gasteiger partial charge in [-0.3, -0.25) is 14.5 Å².